The first-order valence-electron chi connectivity index (χ1n) is 8.16. The summed E-state index contributed by atoms with van der Waals surface area (Å²) < 4.78 is 26.6. The molecule has 1 aliphatic rings. The van der Waals surface area contributed by atoms with Crippen LogP contribution in [0, 0.1) is 17.2 Å². The molecule has 0 saturated heterocycles. The molecule has 0 aromatic heterocycles. The van der Waals surface area contributed by atoms with Gasteiger partial charge in [0.2, 0.25) is 10.0 Å². The predicted molar refractivity (Wildman–Crippen MR) is 92.6 cm³/mol. The molecule has 0 amide bonds. The Hall–Kier alpha value is -1.58. The first kappa shape index (κ1) is 17.8. The number of rotatable bonds is 6. The van der Waals surface area contributed by atoms with E-state index in [0.717, 1.165) is 37.9 Å². The molecule has 0 radical (unpaired) electrons. The average molecular weight is 335 g/mol. The van der Waals surface area contributed by atoms with E-state index >= 15 is 0 Å². The highest BCUT2D eigenvalue weighted by atomic mass is 32.2. The van der Waals surface area contributed by atoms with E-state index < -0.39 is 10.0 Å². The molecule has 0 atom stereocenters. The van der Waals surface area contributed by atoms with Crippen LogP contribution in [-0.2, 0) is 10.0 Å². The maximum Gasteiger partial charge on any atom is 0.214 e. The molecule has 126 valence electrons. The van der Waals surface area contributed by atoms with Gasteiger partial charge >= 0.3 is 0 Å². The van der Waals surface area contributed by atoms with Crippen LogP contribution in [0.25, 0.3) is 0 Å². The quantitative estimate of drug-likeness (QED) is 0.837. The zero-order valence-corrected chi connectivity index (χ0v) is 14.6. The lowest BCUT2D eigenvalue weighted by Crippen LogP contribution is -2.41. The maximum absolute atomic E-state index is 11.9. The molecule has 6 heteroatoms. The molecule has 2 N–H and O–H groups in total. The largest absolute Gasteiger partial charge is 0.385 e. The van der Waals surface area contributed by atoms with E-state index in [0.29, 0.717) is 11.5 Å². The minimum atomic E-state index is -3.17. The van der Waals surface area contributed by atoms with Crippen molar-refractivity contribution in [2.45, 2.75) is 50.8 Å². The number of sulfonamides is 1. The van der Waals surface area contributed by atoms with E-state index in [4.69, 9.17) is 5.26 Å². The predicted octanol–water partition coefficient (Wildman–Crippen LogP) is 2.86. The summed E-state index contributed by atoms with van der Waals surface area (Å²) in [6.07, 6.45) is 3.83. The van der Waals surface area contributed by atoms with Crippen LogP contribution < -0.4 is 10.0 Å². The van der Waals surface area contributed by atoms with Gasteiger partial charge in [-0.25, -0.2) is 13.1 Å². The molecule has 2 rings (SSSR count). The van der Waals surface area contributed by atoms with E-state index in [-0.39, 0.29) is 11.3 Å². The molecule has 23 heavy (non-hydrogen) atoms. The van der Waals surface area contributed by atoms with Crippen molar-refractivity contribution in [3.63, 3.8) is 0 Å². The van der Waals surface area contributed by atoms with Crippen LogP contribution in [0.4, 0.5) is 5.69 Å². The Morgan fingerprint density at radius 2 is 1.78 bits per heavy atom. The van der Waals surface area contributed by atoms with Gasteiger partial charge in [0.1, 0.15) is 0 Å². The minimum Gasteiger partial charge on any atom is -0.385 e. The van der Waals surface area contributed by atoms with Crippen LogP contribution in [0.2, 0.25) is 0 Å². The van der Waals surface area contributed by atoms with E-state index in [2.05, 4.69) is 16.1 Å². The van der Waals surface area contributed by atoms with Gasteiger partial charge < -0.3 is 5.32 Å². The molecule has 5 nitrogen and oxygen atoms in total. The number of nitrogens with one attached hydrogen (secondary N) is 2. The molecular formula is C17H25N3O2S. The van der Waals surface area contributed by atoms with Gasteiger partial charge in [-0.3, -0.25) is 0 Å². The van der Waals surface area contributed by atoms with Crippen LogP contribution in [-0.4, -0.2) is 26.3 Å². The first-order valence-corrected chi connectivity index (χ1v) is 9.70. The molecule has 0 aliphatic heterocycles. The van der Waals surface area contributed by atoms with Crippen LogP contribution in [0.1, 0.15) is 45.1 Å². The second-order valence-corrected chi connectivity index (χ2v) is 8.77. The summed E-state index contributed by atoms with van der Waals surface area (Å²) in [5, 5.41) is 11.8. The third-order valence-electron chi connectivity index (χ3n) is 4.41. The average Bonchev–Trinajstić information content (AvgIpc) is 2.54. The molecule has 1 aromatic carbocycles. The molecule has 0 spiro atoms. The van der Waals surface area contributed by atoms with Gasteiger partial charge in [0.15, 0.2) is 0 Å². The Kier molecular flexibility index (Phi) is 6.03. The summed E-state index contributed by atoms with van der Waals surface area (Å²) in [5.74, 6) is 0.561. The third-order valence-corrected chi connectivity index (χ3v) is 6.31. The van der Waals surface area contributed by atoms with Gasteiger partial charge in [-0.15, -0.1) is 0 Å². The highest BCUT2D eigenvalue weighted by Crippen LogP contribution is 2.25. The maximum atomic E-state index is 11.9. The van der Waals surface area contributed by atoms with Gasteiger partial charge in [0.05, 0.1) is 16.9 Å². The van der Waals surface area contributed by atoms with E-state index in [9.17, 15) is 8.42 Å². The van der Waals surface area contributed by atoms with Crippen LogP contribution in [0.15, 0.2) is 24.3 Å². The summed E-state index contributed by atoms with van der Waals surface area (Å²) in [4.78, 5) is 0. The van der Waals surface area contributed by atoms with E-state index in [1.807, 2.05) is 12.1 Å². The molecule has 0 bridgehead atoms. The van der Waals surface area contributed by atoms with Crippen molar-refractivity contribution in [3.05, 3.63) is 29.8 Å². The van der Waals surface area contributed by atoms with Crippen molar-refractivity contribution >= 4 is 15.7 Å². The number of benzene rings is 1. The summed E-state index contributed by atoms with van der Waals surface area (Å²) in [5.41, 5.74) is 1.68. The molecule has 1 fully saturated rings. The minimum absolute atomic E-state index is 0.0774. The fourth-order valence-electron chi connectivity index (χ4n) is 2.78. The van der Waals surface area contributed by atoms with Gasteiger partial charge in [-0.2, -0.15) is 5.26 Å². The first-order chi connectivity index (χ1) is 10.9. The Morgan fingerprint density at radius 1 is 1.17 bits per heavy atom. The number of nitrogens with zero attached hydrogens (tertiary/aromatic N) is 1. The zero-order valence-electron chi connectivity index (χ0n) is 13.7. The van der Waals surface area contributed by atoms with Crippen molar-refractivity contribution in [2.24, 2.45) is 5.92 Å². The third kappa shape index (κ3) is 5.22. The van der Waals surface area contributed by atoms with Gasteiger partial charge in [0, 0.05) is 18.3 Å². The number of hydrogen-bond acceptors (Lipinski definition) is 4. The van der Waals surface area contributed by atoms with Crippen LogP contribution in [0.5, 0.6) is 0 Å². The Morgan fingerprint density at radius 3 is 2.30 bits per heavy atom. The monoisotopic (exact) mass is 335 g/mol. The molecule has 1 aromatic rings. The normalized spacial score (nSPS) is 21.8. The van der Waals surface area contributed by atoms with Gasteiger partial charge in [-0.05, 0) is 69.7 Å². The summed E-state index contributed by atoms with van der Waals surface area (Å²) >= 11 is 0. The highest BCUT2D eigenvalue weighted by Gasteiger charge is 2.26. The van der Waals surface area contributed by atoms with E-state index in [1.54, 1.807) is 26.0 Å². The lowest BCUT2D eigenvalue weighted by molar-refractivity contribution is 0.323. The molecule has 1 saturated carbocycles. The Balaban J connectivity index is 1.75. The number of anilines is 1. The Bertz CT molecular complexity index is 639. The second kappa shape index (κ2) is 7.80. The summed E-state index contributed by atoms with van der Waals surface area (Å²) in [6, 6.07) is 9.63. The van der Waals surface area contributed by atoms with Crippen molar-refractivity contribution in [2.75, 3.05) is 11.9 Å². The van der Waals surface area contributed by atoms with Crippen molar-refractivity contribution < 1.29 is 8.42 Å². The smallest absolute Gasteiger partial charge is 0.214 e. The molecule has 1 aliphatic carbocycles. The topological polar surface area (TPSA) is 82.0 Å². The lowest BCUT2D eigenvalue weighted by Gasteiger charge is -2.29. The fraction of sp³-hybridized carbons (Fsp3) is 0.588. The van der Waals surface area contributed by atoms with E-state index in [1.165, 1.54) is 0 Å². The second-order valence-electron chi connectivity index (χ2n) is 6.50. The Labute approximate surface area is 139 Å². The molecule has 0 unspecified atom stereocenters. The standard InChI is InChI=1S/C17H25N3O2S/c1-13(2)23(21,22)20-17-9-5-15(6-10-17)12-19-16-7-3-14(11-18)4-8-16/h3-4,7-8,13,15,17,19-20H,5-6,9-10,12H2,1-2H3. The van der Waals surface area contributed by atoms with Crippen molar-refractivity contribution in [1.29, 1.82) is 5.26 Å². The van der Waals surface area contributed by atoms with Crippen LogP contribution in [0.3, 0.4) is 0 Å². The van der Waals surface area contributed by atoms with Crippen molar-refractivity contribution in [1.82, 2.24) is 4.72 Å². The van der Waals surface area contributed by atoms with Gasteiger partial charge in [-0.1, -0.05) is 0 Å². The highest BCUT2D eigenvalue weighted by molar-refractivity contribution is 7.90. The summed E-state index contributed by atoms with van der Waals surface area (Å²) in [7, 11) is -3.17. The zero-order chi connectivity index (χ0) is 16.9. The number of nitriles is 1. The summed E-state index contributed by atoms with van der Waals surface area (Å²) in [6.45, 7) is 4.29. The van der Waals surface area contributed by atoms with Crippen molar-refractivity contribution in [3.8, 4) is 6.07 Å². The molecule has 0 heterocycles. The molecular weight excluding hydrogens is 310 g/mol. The van der Waals surface area contributed by atoms with Gasteiger partial charge in [0.25, 0.3) is 0 Å². The number of hydrogen-bond donors (Lipinski definition) is 2. The van der Waals surface area contributed by atoms with Crippen LogP contribution >= 0.6 is 0 Å². The SMILES string of the molecule is CC(C)S(=O)(=O)NC1CCC(CNc2ccc(C#N)cc2)CC1. The lowest BCUT2D eigenvalue weighted by atomic mass is 9.86. The fourth-order valence-corrected chi connectivity index (χ4v) is 3.75.